The van der Waals surface area contributed by atoms with Crippen LogP contribution < -0.4 is 0 Å². The summed E-state index contributed by atoms with van der Waals surface area (Å²) in [6, 6.07) is 3.26. The zero-order valence-electron chi connectivity index (χ0n) is 55.1. The largest absolute Gasteiger partial charge is 0.278 e. The number of para-hydroxylation sites is 2. The first-order chi connectivity index (χ1) is 40.8. The summed E-state index contributed by atoms with van der Waals surface area (Å²) < 4.78 is 213. The van der Waals surface area contributed by atoms with Crippen LogP contribution in [-0.2, 0) is 0 Å². The first kappa shape index (κ1) is 19.7. The topological polar surface area (TPSA) is 48.5 Å². The Balaban J connectivity index is 1.28. The molecule has 13 rings (SSSR count). The first-order valence-corrected chi connectivity index (χ1v) is 20.1. The smallest absolute Gasteiger partial charge is 0.240 e. The van der Waals surface area contributed by atoms with Gasteiger partial charge in [-0.15, -0.1) is 11.3 Å². The van der Waals surface area contributed by atoms with Crippen LogP contribution in [0.25, 0.3) is 120 Å². The van der Waals surface area contributed by atoms with Crippen LogP contribution in [0.2, 0.25) is 0 Å². The van der Waals surface area contributed by atoms with Crippen molar-refractivity contribution in [2.75, 3.05) is 0 Å². The highest BCUT2D eigenvalue weighted by Gasteiger charge is 2.23. The summed E-state index contributed by atoms with van der Waals surface area (Å²) >= 11 is 1.55. The summed E-state index contributed by atoms with van der Waals surface area (Å²) in [6.07, 6.45) is 0. The van der Waals surface area contributed by atoms with E-state index in [-0.39, 0.29) is 33.2 Å². The normalized spacial score (nSPS) is 16.9. The van der Waals surface area contributed by atoms with Gasteiger partial charge in [0.05, 0.1) is 53.6 Å². The number of thiophene rings is 1. The van der Waals surface area contributed by atoms with E-state index in [2.05, 4.69) is 0 Å². The van der Waals surface area contributed by atoms with Crippen LogP contribution in [0.3, 0.4) is 0 Å². The molecular formula is C57H35N5S. The van der Waals surface area contributed by atoms with Crippen molar-refractivity contribution in [3.63, 3.8) is 0 Å². The van der Waals surface area contributed by atoms with Crippen LogP contribution in [-0.4, -0.2) is 24.1 Å². The lowest BCUT2D eigenvalue weighted by molar-refractivity contribution is 0.893. The van der Waals surface area contributed by atoms with Crippen molar-refractivity contribution in [3.05, 3.63) is 212 Å². The number of rotatable bonds is 6. The molecule has 0 spiro atoms. The average molecular weight is 845 g/mol. The van der Waals surface area contributed by atoms with E-state index in [0.29, 0.717) is 11.1 Å². The summed E-state index contributed by atoms with van der Waals surface area (Å²) in [5.74, 6) is -1.44. The lowest BCUT2D eigenvalue weighted by atomic mass is 9.95. The Bertz CT molecular complexity index is 5100. The zero-order valence-corrected chi connectivity index (χ0v) is 32.9. The second-order valence-electron chi connectivity index (χ2n) is 14.2. The van der Waals surface area contributed by atoms with Gasteiger partial charge in [0.1, 0.15) is 0 Å². The Hall–Kier alpha value is -8.19. The van der Waals surface area contributed by atoms with Crippen LogP contribution in [0.15, 0.2) is 212 Å². The van der Waals surface area contributed by atoms with E-state index in [1.165, 1.54) is 0 Å². The van der Waals surface area contributed by atoms with Crippen molar-refractivity contribution in [3.8, 4) is 56.7 Å². The van der Waals surface area contributed by atoms with E-state index in [9.17, 15) is 12.3 Å². The van der Waals surface area contributed by atoms with Crippen molar-refractivity contribution in [1.29, 1.82) is 0 Å². The Morgan fingerprint density at radius 2 is 0.905 bits per heavy atom. The molecule has 63 heavy (non-hydrogen) atoms. The molecule has 9 aromatic carbocycles. The number of nitrogens with zero attached hydrogens (tertiary/aromatic N) is 5. The van der Waals surface area contributed by atoms with Crippen LogP contribution in [0.5, 0.6) is 0 Å². The van der Waals surface area contributed by atoms with Gasteiger partial charge in [-0.3, -0.25) is 9.13 Å². The van der Waals surface area contributed by atoms with Gasteiger partial charge in [-0.2, -0.15) is 15.0 Å². The van der Waals surface area contributed by atoms with Gasteiger partial charge in [-0.25, -0.2) is 0 Å². The Kier molecular flexibility index (Phi) is 4.43. The summed E-state index contributed by atoms with van der Waals surface area (Å²) in [6.45, 7) is 0. The molecule has 0 saturated heterocycles. The van der Waals surface area contributed by atoms with Crippen molar-refractivity contribution in [2.45, 2.75) is 0 Å². The number of hydrogen-bond donors (Lipinski definition) is 0. The number of hydrogen-bond acceptors (Lipinski definition) is 4. The van der Waals surface area contributed by atoms with Gasteiger partial charge in [0, 0.05) is 47.3 Å². The molecule has 0 N–H and O–H groups in total. The highest BCUT2D eigenvalue weighted by atomic mass is 32.1. The van der Waals surface area contributed by atoms with E-state index in [0.717, 1.165) is 35.4 Å². The van der Waals surface area contributed by atoms with Crippen molar-refractivity contribution >= 4 is 75.1 Å². The van der Waals surface area contributed by atoms with Crippen molar-refractivity contribution in [2.24, 2.45) is 0 Å². The van der Waals surface area contributed by atoms with Gasteiger partial charge in [-0.1, -0.05) is 175 Å². The van der Waals surface area contributed by atoms with Gasteiger partial charge < -0.3 is 0 Å². The summed E-state index contributed by atoms with van der Waals surface area (Å²) in [7, 11) is 0. The fraction of sp³-hybridized carbons (Fsp3) is 0. The summed E-state index contributed by atoms with van der Waals surface area (Å²) in [5, 5.41) is 0.269. The van der Waals surface area contributed by atoms with Crippen LogP contribution in [0.1, 0.15) is 31.5 Å². The average Bonchev–Trinajstić information content (AvgIpc) is 1.53. The molecule has 0 aliphatic heterocycles. The third-order valence-electron chi connectivity index (χ3n) is 10.8. The molecule has 13 aromatic rings. The van der Waals surface area contributed by atoms with Crippen LogP contribution in [0, 0.1) is 0 Å². The van der Waals surface area contributed by atoms with E-state index < -0.39 is 195 Å². The maximum absolute atomic E-state index is 10.2. The third-order valence-corrected chi connectivity index (χ3v) is 11.9. The maximum atomic E-state index is 10.2. The molecule has 4 heterocycles. The number of aromatic nitrogens is 5. The van der Waals surface area contributed by atoms with Gasteiger partial charge in [0.15, 0.2) is 5.82 Å². The predicted molar refractivity (Wildman–Crippen MR) is 263 cm³/mol. The lowest BCUT2D eigenvalue weighted by Crippen LogP contribution is -2.10. The molecule has 0 aliphatic rings. The molecule has 0 bridgehead atoms. The molecule has 5 nitrogen and oxygen atoms in total. The van der Waals surface area contributed by atoms with Gasteiger partial charge in [-0.05, 0) is 69.7 Å². The Morgan fingerprint density at radius 1 is 0.365 bits per heavy atom. The molecule has 294 valence electrons. The first-order valence-electron chi connectivity index (χ1n) is 30.8. The van der Waals surface area contributed by atoms with E-state index in [1.807, 2.05) is 42.5 Å². The van der Waals surface area contributed by atoms with Crippen molar-refractivity contribution in [1.82, 2.24) is 24.1 Å². The van der Waals surface area contributed by atoms with Gasteiger partial charge >= 0.3 is 0 Å². The molecule has 0 saturated carbocycles. The number of benzene rings is 9. The van der Waals surface area contributed by atoms with Crippen molar-refractivity contribution < 1.29 is 31.5 Å². The Labute approximate surface area is 398 Å². The van der Waals surface area contributed by atoms with E-state index in [4.69, 9.17) is 34.1 Å². The van der Waals surface area contributed by atoms with Gasteiger partial charge in [0.25, 0.3) is 0 Å². The van der Waals surface area contributed by atoms with Crippen LogP contribution in [0.4, 0.5) is 0 Å². The molecular weight excluding hydrogens is 787 g/mol. The van der Waals surface area contributed by atoms with Gasteiger partial charge in [0.2, 0.25) is 11.9 Å². The minimum Gasteiger partial charge on any atom is -0.278 e. The highest BCUT2D eigenvalue weighted by Crippen LogP contribution is 2.43. The molecule has 6 heteroatoms. The molecule has 0 unspecified atom stereocenters. The van der Waals surface area contributed by atoms with E-state index >= 15 is 0 Å². The number of fused-ring (bicyclic) bond motifs is 9. The molecule has 0 radical (unpaired) electrons. The zero-order chi connectivity index (χ0) is 61.4. The predicted octanol–water partition coefficient (Wildman–Crippen LogP) is 15.1. The Morgan fingerprint density at radius 3 is 1.62 bits per heavy atom. The highest BCUT2D eigenvalue weighted by molar-refractivity contribution is 7.25. The molecule has 0 fully saturated rings. The minimum absolute atomic E-state index is 0.167. The SMILES string of the molecule is [2H]c1cc2c(c([2H])c1[2H])c1c([2H])c([2H])c([2H])c([2H])c1n2-c1nc(-c2ccccc2-c2cccc3sc4ccccc4c23)nc(-n2c3c([2H])c(-c4c([2H])c([2H])c([2H])c([2H])c4[2H])c([2H])c([2H])c3c3c([2H])c([2H])c(-c4c([2H])c([2H])c([2H])c([2H])c4[2H])c([2H])c32)n1. The fourth-order valence-electron chi connectivity index (χ4n) is 8.08. The monoisotopic (exact) mass is 844 g/mol. The van der Waals surface area contributed by atoms with Crippen LogP contribution >= 0.6 is 11.3 Å². The summed E-state index contributed by atoms with van der Waals surface area (Å²) in [5.41, 5.74) is -3.00. The quantitative estimate of drug-likeness (QED) is 0.168. The molecule has 0 atom stereocenters. The second-order valence-corrected chi connectivity index (χ2v) is 15.3. The summed E-state index contributed by atoms with van der Waals surface area (Å²) in [4.78, 5) is 15.1. The van der Waals surface area contributed by atoms with E-state index in [1.54, 1.807) is 35.6 Å². The second kappa shape index (κ2) is 14.2. The molecule has 4 aromatic heterocycles. The lowest BCUT2D eigenvalue weighted by Gasteiger charge is -2.15. The standard InChI is InChI=1S/C57H35N5S/c1-3-16-36(17-4-1)38-30-32-43-44-33-31-39(37-18-5-2-6-19-37)35-51(44)62(50(43)34-38)57-59-55(58-56(60-57)61-48-26-12-9-21-41(48)42-22-10-13-27-49(42)61)46-23-8-7-20-40(46)45-25-15-29-53-54(45)47-24-11-14-28-52(47)63-53/h1-35H/i1D,2D,3D,4D,5D,6D,9D,10D,12D,13D,16D,17D,18D,19D,21D,22D,26D,30D,31D,32D,33D,34D,35D. The molecule has 0 amide bonds. The fourth-order valence-corrected chi connectivity index (χ4v) is 9.21. The maximum Gasteiger partial charge on any atom is 0.240 e. The molecule has 0 aliphatic carbocycles. The third kappa shape index (κ3) is 5.66. The minimum atomic E-state index is -0.890.